The topological polar surface area (TPSA) is 36.9 Å². The molecule has 0 saturated heterocycles. The van der Waals surface area contributed by atoms with Crippen molar-refractivity contribution in [2.75, 3.05) is 4.90 Å². The average molecular weight is 665 g/mol. The molecule has 51 heavy (non-hydrogen) atoms. The highest BCUT2D eigenvalue weighted by Gasteiger charge is 2.19. The minimum Gasteiger partial charge on any atom is -0.336 e. The number of hydrogen-bond donors (Lipinski definition) is 0. The summed E-state index contributed by atoms with van der Waals surface area (Å²) in [6.07, 6.45) is 0. The van der Waals surface area contributed by atoms with E-state index in [0.29, 0.717) is 18.7 Å². The molecule has 4 nitrogen and oxygen atoms in total. The zero-order chi connectivity index (χ0) is 34.5. The normalized spacial score (nSPS) is 11.5. The minimum atomic E-state index is -0.246. The van der Waals surface area contributed by atoms with Gasteiger partial charge in [-0.05, 0) is 108 Å². The molecule has 0 unspecified atom stereocenters. The summed E-state index contributed by atoms with van der Waals surface area (Å²) >= 11 is 0. The highest BCUT2D eigenvalue weighted by Crippen LogP contribution is 2.41. The van der Waals surface area contributed by atoms with E-state index in [4.69, 9.17) is 0 Å². The predicted octanol–water partition coefficient (Wildman–Crippen LogP) is 11.6. The Kier molecular flexibility index (Phi) is 7.33. The van der Waals surface area contributed by atoms with Crippen LogP contribution in [0.1, 0.15) is 16.7 Å². The largest absolute Gasteiger partial charge is 0.336 e. The zero-order valence-electron chi connectivity index (χ0n) is 27.5. The van der Waals surface area contributed by atoms with E-state index in [0.717, 1.165) is 71.8 Å². The van der Waals surface area contributed by atoms with Crippen LogP contribution in [0.15, 0.2) is 158 Å². The Morgan fingerprint density at radius 1 is 0.451 bits per heavy atom. The van der Waals surface area contributed by atoms with Crippen LogP contribution >= 0.6 is 0 Å². The molecule has 0 fully saturated rings. The first-order valence-electron chi connectivity index (χ1n) is 16.9. The molecule has 9 aromatic rings. The summed E-state index contributed by atoms with van der Waals surface area (Å²) in [6, 6.07) is 53.2. The Balaban J connectivity index is 1.22. The lowest BCUT2D eigenvalue weighted by Crippen LogP contribution is -2.10. The number of hydrogen-bond acceptors (Lipinski definition) is 2. The van der Waals surface area contributed by atoms with Crippen molar-refractivity contribution in [3.63, 3.8) is 0 Å². The fraction of sp³-hybridized carbons (Fsp3) is 0.0444. The number of aromatic nitrogens is 2. The van der Waals surface area contributed by atoms with Crippen molar-refractivity contribution < 1.29 is 8.78 Å². The second-order valence-electron chi connectivity index (χ2n) is 12.9. The van der Waals surface area contributed by atoms with Crippen molar-refractivity contribution >= 4 is 60.7 Å². The molecule has 2 heterocycles. The molecule has 244 valence electrons. The molecule has 9 rings (SSSR count). The number of anilines is 3. The van der Waals surface area contributed by atoms with Crippen LogP contribution < -0.4 is 4.90 Å². The molecule has 0 aliphatic rings. The van der Waals surface area contributed by atoms with Crippen molar-refractivity contribution in [3.05, 3.63) is 186 Å². The molecule has 0 amide bonds. The fourth-order valence-electron chi connectivity index (χ4n) is 7.38. The smallest absolute Gasteiger partial charge is 0.123 e. The predicted molar refractivity (Wildman–Crippen MR) is 203 cm³/mol. The van der Waals surface area contributed by atoms with E-state index >= 15 is 0 Å². The first kappa shape index (κ1) is 30.4. The molecule has 0 aliphatic heterocycles. The van der Waals surface area contributed by atoms with Crippen LogP contribution in [0.25, 0.3) is 43.6 Å². The molecule has 0 bridgehead atoms. The van der Waals surface area contributed by atoms with E-state index in [2.05, 4.69) is 92.9 Å². The molecule has 7 aromatic carbocycles. The third-order valence-electron chi connectivity index (χ3n) is 9.79. The summed E-state index contributed by atoms with van der Waals surface area (Å²) < 4.78 is 32.1. The van der Waals surface area contributed by atoms with Crippen LogP contribution in [-0.4, -0.2) is 9.13 Å². The number of nitrogens with zero attached hydrogens (tertiary/aromatic N) is 4. The highest BCUT2D eigenvalue weighted by molar-refractivity contribution is 6.11. The average Bonchev–Trinajstić information content (AvgIpc) is 3.65. The van der Waals surface area contributed by atoms with Gasteiger partial charge in [-0.3, -0.25) is 0 Å². The van der Waals surface area contributed by atoms with Gasteiger partial charge in [-0.2, -0.15) is 5.26 Å². The van der Waals surface area contributed by atoms with Gasteiger partial charge in [0.2, 0.25) is 0 Å². The van der Waals surface area contributed by atoms with Crippen LogP contribution in [0.5, 0.6) is 0 Å². The number of para-hydroxylation sites is 2. The second-order valence-corrected chi connectivity index (χ2v) is 12.9. The lowest BCUT2D eigenvalue weighted by atomic mass is 10.1. The maximum Gasteiger partial charge on any atom is 0.123 e. The first-order valence-corrected chi connectivity index (χ1v) is 16.9. The van der Waals surface area contributed by atoms with E-state index in [1.54, 1.807) is 0 Å². The van der Waals surface area contributed by atoms with Crippen LogP contribution in [0.4, 0.5) is 25.8 Å². The summed E-state index contributed by atoms with van der Waals surface area (Å²) in [4.78, 5) is 2.23. The van der Waals surface area contributed by atoms with Gasteiger partial charge in [-0.15, -0.1) is 0 Å². The zero-order valence-corrected chi connectivity index (χ0v) is 27.5. The number of fused-ring (bicyclic) bond motifs is 6. The molecule has 0 N–H and O–H groups in total. The van der Waals surface area contributed by atoms with Crippen LogP contribution in [0.2, 0.25) is 0 Å². The molecule has 0 atom stereocenters. The monoisotopic (exact) mass is 664 g/mol. The lowest BCUT2D eigenvalue weighted by Gasteiger charge is -2.26. The maximum absolute atomic E-state index is 13.7. The Labute approximate surface area is 293 Å². The summed E-state index contributed by atoms with van der Waals surface area (Å²) in [7, 11) is 0. The van der Waals surface area contributed by atoms with E-state index in [-0.39, 0.29) is 11.6 Å². The summed E-state index contributed by atoms with van der Waals surface area (Å²) in [6.45, 7) is 1.23. The van der Waals surface area contributed by atoms with Gasteiger partial charge in [0.15, 0.2) is 0 Å². The molecule has 0 radical (unpaired) electrons. The third-order valence-corrected chi connectivity index (χ3v) is 9.79. The van der Waals surface area contributed by atoms with E-state index in [1.165, 1.54) is 24.3 Å². The van der Waals surface area contributed by atoms with Crippen molar-refractivity contribution in [1.29, 1.82) is 5.26 Å². The summed E-state index contributed by atoms with van der Waals surface area (Å²) in [5.74, 6) is -0.492. The van der Waals surface area contributed by atoms with Gasteiger partial charge < -0.3 is 14.0 Å². The van der Waals surface area contributed by atoms with Crippen LogP contribution in [-0.2, 0) is 13.1 Å². The second kappa shape index (κ2) is 12.3. The standard InChI is InChI=1S/C45H30F2N4/c46-33-15-9-31(10-16-33)28-49-42-7-3-1-5-38(42)40-25-36(21-23-44(40)49)51(35-19-13-30(27-48)14-20-35)37-22-24-45-41(26-37)39-6-2-4-8-43(39)50(45)29-32-11-17-34(47)18-12-32/h1-26H,28-29H2. The summed E-state index contributed by atoms with van der Waals surface area (Å²) in [5, 5.41) is 14.1. The number of nitriles is 1. The van der Waals surface area contributed by atoms with Gasteiger partial charge in [0, 0.05) is 73.8 Å². The third kappa shape index (κ3) is 5.36. The molecule has 0 aliphatic carbocycles. The van der Waals surface area contributed by atoms with Gasteiger partial charge in [-0.25, -0.2) is 8.78 Å². The molecule has 0 spiro atoms. The molecular weight excluding hydrogens is 635 g/mol. The molecule has 0 saturated carbocycles. The van der Waals surface area contributed by atoms with Crippen molar-refractivity contribution in [2.24, 2.45) is 0 Å². The quantitative estimate of drug-likeness (QED) is 0.170. The summed E-state index contributed by atoms with van der Waals surface area (Å²) in [5.41, 5.74) is 9.91. The van der Waals surface area contributed by atoms with E-state index < -0.39 is 0 Å². The van der Waals surface area contributed by atoms with Gasteiger partial charge in [0.05, 0.1) is 11.6 Å². The van der Waals surface area contributed by atoms with Gasteiger partial charge in [-0.1, -0.05) is 60.7 Å². The Morgan fingerprint density at radius 3 is 1.31 bits per heavy atom. The van der Waals surface area contributed by atoms with E-state index in [1.807, 2.05) is 60.7 Å². The highest BCUT2D eigenvalue weighted by atomic mass is 19.1. The van der Waals surface area contributed by atoms with Gasteiger partial charge in [0.1, 0.15) is 11.6 Å². The molecular formula is C45H30F2N4. The van der Waals surface area contributed by atoms with Gasteiger partial charge >= 0.3 is 0 Å². The van der Waals surface area contributed by atoms with Crippen molar-refractivity contribution in [2.45, 2.75) is 13.1 Å². The fourth-order valence-corrected chi connectivity index (χ4v) is 7.38. The van der Waals surface area contributed by atoms with E-state index in [9.17, 15) is 14.0 Å². The van der Waals surface area contributed by atoms with Crippen molar-refractivity contribution in [3.8, 4) is 6.07 Å². The SMILES string of the molecule is N#Cc1ccc(N(c2ccc3c(c2)c2ccccc2n3Cc2ccc(F)cc2)c2ccc3c(c2)c2ccccc2n3Cc2ccc(F)cc2)cc1. The first-order chi connectivity index (χ1) is 25.0. The number of benzene rings is 7. The number of halogens is 2. The van der Waals surface area contributed by atoms with Crippen LogP contribution in [0, 0.1) is 23.0 Å². The Hall–Kier alpha value is -6.71. The number of rotatable bonds is 7. The Bertz CT molecular complexity index is 2600. The minimum absolute atomic E-state index is 0.246. The molecule has 2 aromatic heterocycles. The molecule has 6 heteroatoms. The Morgan fingerprint density at radius 2 is 0.863 bits per heavy atom. The maximum atomic E-state index is 13.7. The van der Waals surface area contributed by atoms with Crippen LogP contribution in [0.3, 0.4) is 0 Å². The van der Waals surface area contributed by atoms with Gasteiger partial charge in [0.25, 0.3) is 0 Å². The lowest BCUT2D eigenvalue weighted by molar-refractivity contribution is 0.626. The van der Waals surface area contributed by atoms with Crippen molar-refractivity contribution in [1.82, 2.24) is 9.13 Å².